The quantitative estimate of drug-likeness (QED) is 0.194. The molecule has 0 fully saturated rings. The van der Waals surface area contributed by atoms with Gasteiger partial charge in [0.1, 0.15) is 18.3 Å². The highest BCUT2D eigenvalue weighted by Crippen LogP contribution is 2.36. The minimum atomic E-state index is -4.63. The maximum absolute atomic E-state index is 14.1. The SMILES string of the molecule is CCCNC(=O)[C@@H](C)N(Cc1ccccc1Cl)C(=O)CN(c1cc(Cl)ccc1OC)S(=O)(=O)c1ccc(C)c([N+](=O)[O-])c1. The second-order valence-electron chi connectivity index (χ2n) is 9.61. The molecule has 1 atom stereocenters. The Labute approximate surface area is 260 Å². The zero-order chi connectivity index (χ0) is 31.9. The molecule has 3 rings (SSSR count). The second-order valence-corrected chi connectivity index (χ2v) is 12.3. The van der Waals surface area contributed by atoms with Crippen LogP contribution in [0.25, 0.3) is 0 Å². The minimum Gasteiger partial charge on any atom is -0.495 e. The molecule has 0 aromatic heterocycles. The molecule has 2 amide bonds. The number of carbonyl (C=O) groups is 2. The van der Waals surface area contributed by atoms with Crippen LogP contribution in [0.15, 0.2) is 65.6 Å². The summed E-state index contributed by atoms with van der Waals surface area (Å²) in [5.41, 5.74) is 0.306. The third-order valence-corrected chi connectivity index (χ3v) is 9.03. The van der Waals surface area contributed by atoms with Gasteiger partial charge in [0.25, 0.3) is 15.7 Å². The van der Waals surface area contributed by atoms with Crippen molar-refractivity contribution in [3.8, 4) is 5.75 Å². The first kappa shape index (κ1) is 33.6. The van der Waals surface area contributed by atoms with Crippen LogP contribution in [-0.2, 0) is 26.2 Å². The van der Waals surface area contributed by atoms with Gasteiger partial charge < -0.3 is 15.0 Å². The highest BCUT2D eigenvalue weighted by atomic mass is 35.5. The number of ether oxygens (including phenoxy) is 1. The fourth-order valence-electron chi connectivity index (χ4n) is 4.23. The van der Waals surface area contributed by atoms with Crippen molar-refractivity contribution in [2.75, 3.05) is 24.5 Å². The van der Waals surface area contributed by atoms with Crippen molar-refractivity contribution in [1.29, 1.82) is 0 Å². The number of hydrogen-bond donors (Lipinski definition) is 1. The van der Waals surface area contributed by atoms with Crippen molar-refractivity contribution in [2.24, 2.45) is 0 Å². The second kappa shape index (κ2) is 14.5. The molecular weight excluding hydrogens is 619 g/mol. The first-order valence-corrected chi connectivity index (χ1v) is 15.4. The molecule has 0 aliphatic rings. The van der Waals surface area contributed by atoms with Crippen molar-refractivity contribution >= 4 is 56.4 Å². The monoisotopic (exact) mass is 650 g/mol. The number of methoxy groups -OCH3 is 1. The van der Waals surface area contributed by atoms with Gasteiger partial charge in [-0.3, -0.25) is 24.0 Å². The molecule has 3 aromatic rings. The fraction of sp³-hybridized carbons (Fsp3) is 0.310. The predicted octanol–water partition coefficient (Wildman–Crippen LogP) is 5.36. The maximum atomic E-state index is 14.1. The Morgan fingerprint density at radius 2 is 1.79 bits per heavy atom. The predicted molar refractivity (Wildman–Crippen MR) is 165 cm³/mol. The van der Waals surface area contributed by atoms with E-state index in [4.69, 9.17) is 27.9 Å². The number of nitro groups is 1. The van der Waals surface area contributed by atoms with Crippen LogP contribution in [0.5, 0.6) is 5.75 Å². The van der Waals surface area contributed by atoms with E-state index in [1.165, 1.54) is 56.2 Å². The number of anilines is 1. The average molecular weight is 652 g/mol. The van der Waals surface area contributed by atoms with Gasteiger partial charge in [-0.05, 0) is 56.2 Å². The number of nitrogens with zero attached hydrogens (tertiary/aromatic N) is 3. The number of amides is 2. The van der Waals surface area contributed by atoms with Crippen LogP contribution in [0, 0.1) is 17.0 Å². The van der Waals surface area contributed by atoms with Crippen LogP contribution in [0.4, 0.5) is 11.4 Å². The van der Waals surface area contributed by atoms with Crippen LogP contribution in [0.3, 0.4) is 0 Å². The zero-order valence-electron chi connectivity index (χ0n) is 24.0. The van der Waals surface area contributed by atoms with Gasteiger partial charge in [0.2, 0.25) is 11.8 Å². The fourth-order valence-corrected chi connectivity index (χ4v) is 6.03. The lowest BCUT2D eigenvalue weighted by molar-refractivity contribution is -0.385. The third-order valence-electron chi connectivity index (χ3n) is 6.67. The van der Waals surface area contributed by atoms with Gasteiger partial charge >= 0.3 is 0 Å². The molecule has 43 heavy (non-hydrogen) atoms. The summed E-state index contributed by atoms with van der Waals surface area (Å²) < 4.78 is 34.5. The minimum absolute atomic E-state index is 0.0765. The first-order chi connectivity index (χ1) is 20.3. The van der Waals surface area contributed by atoms with Crippen LogP contribution >= 0.6 is 23.2 Å². The van der Waals surface area contributed by atoms with E-state index in [2.05, 4.69) is 5.32 Å². The molecule has 0 saturated carbocycles. The number of sulfonamides is 1. The summed E-state index contributed by atoms with van der Waals surface area (Å²) >= 11 is 12.6. The van der Waals surface area contributed by atoms with Crippen LogP contribution in [0.2, 0.25) is 10.0 Å². The van der Waals surface area contributed by atoms with E-state index < -0.39 is 49.9 Å². The number of rotatable bonds is 13. The number of halogens is 2. The Hall–Kier alpha value is -3.87. The molecule has 0 unspecified atom stereocenters. The highest BCUT2D eigenvalue weighted by Gasteiger charge is 2.35. The number of carbonyl (C=O) groups excluding carboxylic acids is 2. The standard InChI is InChI=1S/C29H32Cl2N4O7S/c1-5-14-32-29(37)20(3)33(17-21-8-6-7-9-24(21)31)28(36)18-34(26-15-22(30)11-13-27(26)42-4)43(40,41)23-12-10-19(2)25(16-23)35(38)39/h6-13,15-16,20H,5,14,17-18H2,1-4H3,(H,32,37)/t20-/m1/s1. The maximum Gasteiger partial charge on any atom is 0.273 e. The van der Waals surface area contributed by atoms with Gasteiger partial charge in [0, 0.05) is 34.8 Å². The van der Waals surface area contributed by atoms with Crippen LogP contribution < -0.4 is 14.4 Å². The molecule has 14 heteroatoms. The van der Waals surface area contributed by atoms with Crippen molar-refractivity contribution in [3.63, 3.8) is 0 Å². The smallest absolute Gasteiger partial charge is 0.273 e. The zero-order valence-corrected chi connectivity index (χ0v) is 26.4. The normalized spacial score (nSPS) is 11.9. The summed E-state index contributed by atoms with van der Waals surface area (Å²) in [6.45, 7) is 4.37. The van der Waals surface area contributed by atoms with Crippen LogP contribution in [-0.4, -0.2) is 56.3 Å². The molecule has 0 heterocycles. The molecule has 0 bridgehead atoms. The summed E-state index contributed by atoms with van der Waals surface area (Å²) in [5, 5.41) is 14.9. The Kier molecular flexibility index (Phi) is 11.4. The topological polar surface area (TPSA) is 139 Å². The van der Waals surface area contributed by atoms with Crippen LogP contribution in [0.1, 0.15) is 31.4 Å². The number of aryl methyl sites for hydroxylation is 1. The summed E-state index contributed by atoms with van der Waals surface area (Å²) in [4.78, 5) is 38.8. The molecular formula is C29H32Cl2N4O7S. The van der Waals surface area contributed by atoms with E-state index in [1.54, 1.807) is 24.3 Å². The number of nitro benzene ring substituents is 1. The summed E-state index contributed by atoms with van der Waals surface area (Å²) in [6.07, 6.45) is 0.667. The summed E-state index contributed by atoms with van der Waals surface area (Å²) in [5.74, 6) is -1.11. The third kappa shape index (κ3) is 7.95. The van der Waals surface area contributed by atoms with Crippen molar-refractivity contribution in [3.05, 3.63) is 92.0 Å². The van der Waals surface area contributed by atoms with E-state index >= 15 is 0 Å². The molecule has 230 valence electrons. The van der Waals surface area contributed by atoms with Crippen molar-refractivity contribution in [2.45, 2.75) is 44.7 Å². The van der Waals surface area contributed by atoms with Crippen molar-refractivity contribution < 1.29 is 27.7 Å². The average Bonchev–Trinajstić information content (AvgIpc) is 2.97. The highest BCUT2D eigenvalue weighted by molar-refractivity contribution is 7.92. The van der Waals surface area contributed by atoms with Gasteiger partial charge in [-0.15, -0.1) is 0 Å². The summed E-state index contributed by atoms with van der Waals surface area (Å²) in [6, 6.07) is 13.4. The van der Waals surface area contributed by atoms with Gasteiger partial charge in [-0.25, -0.2) is 8.42 Å². The van der Waals surface area contributed by atoms with E-state index in [-0.39, 0.29) is 28.6 Å². The van der Waals surface area contributed by atoms with Gasteiger partial charge in [-0.1, -0.05) is 54.4 Å². The molecule has 3 aromatic carbocycles. The van der Waals surface area contributed by atoms with Gasteiger partial charge in [0.05, 0.1) is 22.6 Å². The summed E-state index contributed by atoms with van der Waals surface area (Å²) in [7, 11) is -3.31. The first-order valence-electron chi connectivity index (χ1n) is 13.2. The Morgan fingerprint density at radius 3 is 2.42 bits per heavy atom. The van der Waals surface area contributed by atoms with Gasteiger partial charge in [0.15, 0.2) is 0 Å². The molecule has 1 N–H and O–H groups in total. The largest absolute Gasteiger partial charge is 0.495 e. The molecule has 0 aliphatic heterocycles. The lowest BCUT2D eigenvalue weighted by Crippen LogP contribution is -2.51. The molecule has 0 saturated heterocycles. The Balaban J connectivity index is 2.16. The van der Waals surface area contributed by atoms with Gasteiger partial charge in [-0.2, -0.15) is 0 Å². The number of hydrogen-bond acceptors (Lipinski definition) is 7. The Bertz CT molecular complexity index is 1620. The molecule has 0 radical (unpaired) electrons. The number of benzene rings is 3. The Morgan fingerprint density at radius 1 is 1.09 bits per heavy atom. The lowest BCUT2D eigenvalue weighted by Gasteiger charge is -2.32. The van der Waals surface area contributed by atoms with E-state index in [1.807, 2.05) is 6.92 Å². The van der Waals surface area contributed by atoms with E-state index in [9.17, 15) is 28.1 Å². The molecule has 0 spiro atoms. The van der Waals surface area contributed by atoms with Crippen molar-refractivity contribution in [1.82, 2.24) is 10.2 Å². The molecule has 0 aliphatic carbocycles. The van der Waals surface area contributed by atoms with E-state index in [0.717, 1.165) is 10.4 Å². The van der Waals surface area contributed by atoms with E-state index in [0.29, 0.717) is 23.6 Å². The molecule has 11 nitrogen and oxygen atoms in total. The number of nitrogens with one attached hydrogen (secondary N) is 1. The lowest BCUT2D eigenvalue weighted by atomic mass is 10.1.